The van der Waals surface area contributed by atoms with Crippen molar-refractivity contribution >= 4 is 23.1 Å². The maximum absolute atomic E-state index is 5.44. The number of aryl methyl sites for hydroxylation is 2. The predicted octanol–water partition coefficient (Wildman–Crippen LogP) is 3.63. The molecule has 2 aromatic heterocycles. The van der Waals surface area contributed by atoms with E-state index >= 15 is 0 Å². The highest BCUT2D eigenvalue weighted by atomic mass is 32.2. The number of rotatable bonds is 7. The number of fused-ring (bicyclic) bond motifs is 1. The van der Waals surface area contributed by atoms with E-state index in [1.54, 1.807) is 26.9 Å². The number of hydrogen-bond acceptors (Lipinski definition) is 6. The van der Waals surface area contributed by atoms with Crippen molar-refractivity contribution in [2.45, 2.75) is 17.9 Å². The Morgan fingerprint density at radius 2 is 1.93 bits per heavy atom. The third-order valence-electron chi connectivity index (χ3n) is 4.52. The maximum Gasteiger partial charge on any atom is 0.189 e. The van der Waals surface area contributed by atoms with E-state index in [1.807, 2.05) is 28.8 Å². The first-order chi connectivity index (χ1) is 14.3. The molecule has 0 bridgehead atoms. The largest absolute Gasteiger partial charge is 0.497 e. The summed E-state index contributed by atoms with van der Waals surface area (Å²) >= 11 is 1.30. The Labute approximate surface area is 172 Å². The van der Waals surface area contributed by atoms with Crippen LogP contribution in [0.1, 0.15) is 5.56 Å². The molecular weight excluding hydrogens is 386 g/mol. The fourth-order valence-electron chi connectivity index (χ4n) is 2.98. The fourth-order valence-corrected chi connectivity index (χ4v) is 3.67. The average molecular weight is 407 g/mol. The van der Waals surface area contributed by atoms with Crippen molar-refractivity contribution in [3.05, 3.63) is 72.2 Å². The number of ether oxygens (including phenoxy) is 2. The number of aromatic amines is 1. The van der Waals surface area contributed by atoms with Crippen molar-refractivity contribution in [1.82, 2.24) is 19.5 Å². The Balaban J connectivity index is 1.60. The molecule has 0 amide bonds. The monoisotopic (exact) mass is 407 g/mol. The summed E-state index contributed by atoms with van der Waals surface area (Å²) in [4.78, 5) is 13.0. The lowest BCUT2D eigenvalue weighted by Crippen LogP contribution is -2.14. The maximum atomic E-state index is 5.44. The van der Waals surface area contributed by atoms with Gasteiger partial charge < -0.3 is 19.0 Å². The van der Waals surface area contributed by atoms with Crippen LogP contribution in [0.2, 0.25) is 0 Å². The number of imidazole rings is 1. The van der Waals surface area contributed by atoms with Gasteiger partial charge in [-0.3, -0.25) is 0 Å². The summed E-state index contributed by atoms with van der Waals surface area (Å²) in [5, 5.41) is 0. The van der Waals surface area contributed by atoms with Gasteiger partial charge in [0.15, 0.2) is 11.1 Å². The minimum Gasteiger partial charge on any atom is -0.497 e. The summed E-state index contributed by atoms with van der Waals surface area (Å²) in [5.74, 6) is 1.44. The number of benzene rings is 2. The number of aromatic nitrogens is 4. The molecular formula is C21H21N5O2S. The molecule has 0 unspecified atom stereocenters. The topological polar surface area (TPSA) is 77.3 Å². The van der Waals surface area contributed by atoms with Gasteiger partial charge in [-0.15, -0.1) is 0 Å². The van der Waals surface area contributed by atoms with Crippen LogP contribution in [0.4, 0.5) is 0 Å². The Bertz CT molecular complexity index is 1170. The molecule has 8 heteroatoms. The molecule has 7 nitrogen and oxygen atoms in total. The van der Waals surface area contributed by atoms with Crippen molar-refractivity contribution in [1.29, 1.82) is 0 Å². The van der Waals surface area contributed by atoms with E-state index in [-0.39, 0.29) is 0 Å². The first-order valence-corrected chi connectivity index (χ1v) is 9.91. The Morgan fingerprint density at radius 3 is 2.72 bits per heavy atom. The Morgan fingerprint density at radius 1 is 1.07 bits per heavy atom. The number of hydrogen-bond donors (Lipinski definition) is 1. The number of H-pyrrole nitrogens is 1. The van der Waals surface area contributed by atoms with Gasteiger partial charge in [-0.05, 0) is 24.1 Å². The molecule has 4 aromatic rings. The van der Waals surface area contributed by atoms with E-state index in [0.717, 1.165) is 34.8 Å². The average Bonchev–Trinajstić information content (AvgIpc) is 3.27. The van der Waals surface area contributed by atoms with Crippen molar-refractivity contribution < 1.29 is 9.47 Å². The highest BCUT2D eigenvalue weighted by molar-refractivity contribution is 7.98. The lowest BCUT2D eigenvalue weighted by molar-refractivity contribution is 0.387. The molecule has 0 saturated carbocycles. The van der Waals surface area contributed by atoms with Gasteiger partial charge in [0.2, 0.25) is 0 Å². The smallest absolute Gasteiger partial charge is 0.189 e. The minimum absolute atomic E-state index is 0.594. The van der Waals surface area contributed by atoms with Gasteiger partial charge in [-0.25, -0.2) is 9.97 Å². The lowest BCUT2D eigenvalue weighted by Gasteiger charge is -2.08. The third-order valence-corrected chi connectivity index (χ3v) is 5.32. The zero-order chi connectivity index (χ0) is 20.1. The molecule has 2 aromatic carbocycles. The van der Waals surface area contributed by atoms with Crippen LogP contribution in [0, 0.1) is 0 Å². The van der Waals surface area contributed by atoms with Crippen LogP contribution in [0.3, 0.4) is 0 Å². The SMILES string of the molecule is COc1ccc(SN=c2ncn(CCc3ccccc3)c3nc[nH]c23)c(OC)c1. The Hall–Kier alpha value is -3.26. The predicted molar refractivity (Wildman–Crippen MR) is 113 cm³/mol. The summed E-state index contributed by atoms with van der Waals surface area (Å²) in [5.41, 5.74) is 3.51. The normalized spacial score (nSPS) is 11.7. The van der Waals surface area contributed by atoms with Crippen LogP contribution in [-0.4, -0.2) is 33.7 Å². The molecule has 148 valence electrons. The van der Waals surface area contributed by atoms with E-state index < -0.39 is 0 Å². The molecule has 0 atom stereocenters. The zero-order valence-electron chi connectivity index (χ0n) is 16.2. The molecule has 0 spiro atoms. The summed E-state index contributed by atoms with van der Waals surface area (Å²) in [6.45, 7) is 0.790. The second-order valence-electron chi connectivity index (χ2n) is 6.30. The quantitative estimate of drug-likeness (QED) is 0.474. The first-order valence-electron chi connectivity index (χ1n) is 9.14. The van der Waals surface area contributed by atoms with Crippen LogP contribution in [0.5, 0.6) is 11.5 Å². The van der Waals surface area contributed by atoms with Gasteiger partial charge in [0, 0.05) is 24.6 Å². The van der Waals surface area contributed by atoms with E-state index in [0.29, 0.717) is 11.2 Å². The van der Waals surface area contributed by atoms with E-state index in [9.17, 15) is 0 Å². The molecule has 4 rings (SSSR count). The number of methoxy groups -OCH3 is 2. The zero-order valence-corrected chi connectivity index (χ0v) is 17.0. The van der Waals surface area contributed by atoms with Gasteiger partial charge in [0.25, 0.3) is 0 Å². The number of nitrogens with one attached hydrogen (secondary N) is 1. The molecule has 0 aliphatic rings. The highest BCUT2D eigenvalue weighted by Crippen LogP contribution is 2.32. The summed E-state index contributed by atoms with van der Waals surface area (Å²) in [7, 11) is 3.25. The summed E-state index contributed by atoms with van der Waals surface area (Å²) in [6.07, 6.45) is 4.36. The second-order valence-corrected chi connectivity index (χ2v) is 7.10. The summed E-state index contributed by atoms with van der Waals surface area (Å²) in [6, 6.07) is 16.0. The fraction of sp³-hybridized carbons (Fsp3) is 0.190. The molecule has 29 heavy (non-hydrogen) atoms. The molecule has 2 heterocycles. The molecule has 1 N–H and O–H groups in total. The van der Waals surface area contributed by atoms with E-state index in [4.69, 9.17) is 9.47 Å². The molecule has 0 aliphatic heterocycles. The standard InChI is InChI=1S/C21H21N5O2S/c1-27-16-8-9-18(17(12-16)28-2)29-25-20-19-21(23-13-22-19)26(14-24-20)11-10-15-6-4-3-5-7-15/h3-9,12-14H,10-11H2,1-2H3,(H,22,23). The van der Waals surface area contributed by atoms with Gasteiger partial charge in [-0.2, -0.15) is 4.40 Å². The highest BCUT2D eigenvalue weighted by Gasteiger charge is 2.08. The van der Waals surface area contributed by atoms with Crippen LogP contribution in [0.25, 0.3) is 11.2 Å². The first kappa shape index (κ1) is 19.1. The van der Waals surface area contributed by atoms with E-state index in [1.165, 1.54) is 17.5 Å². The van der Waals surface area contributed by atoms with Crippen molar-refractivity contribution in [3.8, 4) is 11.5 Å². The van der Waals surface area contributed by atoms with Crippen molar-refractivity contribution in [2.75, 3.05) is 14.2 Å². The minimum atomic E-state index is 0.594. The lowest BCUT2D eigenvalue weighted by atomic mass is 10.1. The molecule has 0 saturated heterocycles. The van der Waals surface area contributed by atoms with Crippen LogP contribution >= 0.6 is 11.9 Å². The molecule has 0 radical (unpaired) electrons. The Kier molecular flexibility index (Phi) is 5.81. The second kappa shape index (κ2) is 8.83. The molecule has 0 fully saturated rings. The molecule has 0 aliphatic carbocycles. The third kappa shape index (κ3) is 4.27. The summed E-state index contributed by atoms with van der Waals surface area (Å²) < 4.78 is 17.3. The van der Waals surface area contributed by atoms with Gasteiger partial charge >= 0.3 is 0 Å². The van der Waals surface area contributed by atoms with E-state index in [2.05, 4.69) is 43.6 Å². The van der Waals surface area contributed by atoms with Crippen LogP contribution in [-0.2, 0) is 13.0 Å². The van der Waals surface area contributed by atoms with Gasteiger partial charge in [0.1, 0.15) is 17.0 Å². The van der Waals surface area contributed by atoms with Crippen LogP contribution < -0.4 is 15.0 Å². The van der Waals surface area contributed by atoms with Gasteiger partial charge in [0.05, 0.1) is 31.8 Å². The van der Waals surface area contributed by atoms with Crippen molar-refractivity contribution in [3.63, 3.8) is 0 Å². The number of nitrogens with zero attached hydrogens (tertiary/aromatic N) is 4. The van der Waals surface area contributed by atoms with Crippen molar-refractivity contribution in [2.24, 2.45) is 4.40 Å². The van der Waals surface area contributed by atoms with Crippen LogP contribution in [0.15, 0.2) is 70.5 Å². The van der Waals surface area contributed by atoms with Gasteiger partial charge in [-0.1, -0.05) is 30.3 Å².